The number of rotatable bonds is 12. The number of hydrogen-bond donors (Lipinski definition) is 1. The Kier molecular flexibility index (Phi) is 8.60. The summed E-state index contributed by atoms with van der Waals surface area (Å²) in [5, 5.41) is 2.83. The third-order valence-electron chi connectivity index (χ3n) is 4.49. The van der Waals surface area contributed by atoms with Crippen molar-refractivity contribution < 1.29 is 23.5 Å². The molecule has 1 aromatic heterocycles. The molecular formula is C24H25NO5S. The summed E-state index contributed by atoms with van der Waals surface area (Å²) < 4.78 is 16.0. The van der Waals surface area contributed by atoms with Crippen LogP contribution in [0.5, 0.6) is 11.5 Å². The van der Waals surface area contributed by atoms with Gasteiger partial charge >= 0.3 is 0 Å². The number of ether oxygens (including phenoxy) is 2. The van der Waals surface area contributed by atoms with E-state index in [-0.39, 0.29) is 24.1 Å². The van der Waals surface area contributed by atoms with E-state index in [1.54, 1.807) is 37.6 Å². The Morgan fingerprint density at radius 1 is 1.03 bits per heavy atom. The Labute approximate surface area is 185 Å². The molecule has 31 heavy (non-hydrogen) atoms. The fraction of sp³-hybridized carbons (Fsp3) is 0.250. The second-order valence-electron chi connectivity index (χ2n) is 6.82. The summed E-state index contributed by atoms with van der Waals surface area (Å²) in [4.78, 5) is 25.3. The molecule has 0 bridgehead atoms. The molecule has 0 radical (unpaired) electrons. The molecule has 1 heterocycles. The lowest BCUT2D eigenvalue weighted by atomic mass is 10.0. The Hall–Kier alpha value is -3.19. The maximum atomic E-state index is 12.8. The van der Waals surface area contributed by atoms with Gasteiger partial charge in [0.05, 0.1) is 30.9 Å². The quantitative estimate of drug-likeness (QED) is 0.461. The summed E-state index contributed by atoms with van der Waals surface area (Å²) in [5.41, 5.74) is 0.978. The molecule has 7 heteroatoms. The predicted octanol–water partition coefficient (Wildman–Crippen LogP) is 3.90. The minimum atomic E-state index is -0.632. The predicted molar refractivity (Wildman–Crippen MR) is 120 cm³/mol. The lowest BCUT2D eigenvalue weighted by molar-refractivity contribution is -0.128. The first-order valence-corrected chi connectivity index (χ1v) is 11.0. The molecule has 3 aromatic rings. The van der Waals surface area contributed by atoms with Gasteiger partial charge < -0.3 is 19.2 Å². The zero-order valence-corrected chi connectivity index (χ0v) is 18.1. The Morgan fingerprint density at radius 2 is 1.84 bits per heavy atom. The van der Waals surface area contributed by atoms with Crippen LogP contribution in [0.25, 0.3) is 0 Å². The SMILES string of the molecule is COc1cccc(OCC(=O)NC(Cc2ccccc2)C(=O)CSCc2ccco2)c1. The molecule has 2 aromatic carbocycles. The van der Waals surface area contributed by atoms with Crippen LogP contribution in [0.4, 0.5) is 0 Å². The highest BCUT2D eigenvalue weighted by Crippen LogP contribution is 2.19. The van der Waals surface area contributed by atoms with E-state index < -0.39 is 6.04 Å². The number of methoxy groups -OCH3 is 1. The molecule has 162 valence electrons. The second-order valence-corrected chi connectivity index (χ2v) is 7.80. The van der Waals surface area contributed by atoms with Crippen LogP contribution < -0.4 is 14.8 Å². The number of furan rings is 1. The van der Waals surface area contributed by atoms with Crippen LogP contribution >= 0.6 is 11.8 Å². The van der Waals surface area contributed by atoms with Gasteiger partial charge in [0.25, 0.3) is 5.91 Å². The minimum Gasteiger partial charge on any atom is -0.497 e. The number of nitrogens with one attached hydrogen (secondary N) is 1. The van der Waals surface area contributed by atoms with Gasteiger partial charge in [0, 0.05) is 6.07 Å². The van der Waals surface area contributed by atoms with Gasteiger partial charge in [-0.05, 0) is 36.2 Å². The van der Waals surface area contributed by atoms with Crippen LogP contribution in [0.3, 0.4) is 0 Å². The van der Waals surface area contributed by atoms with Gasteiger partial charge in [-0.3, -0.25) is 9.59 Å². The number of hydrogen-bond acceptors (Lipinski definition) is 6. The van der Waals surface area contributed by atoms with Crippen molar-refractivity contribution in [2.24, 2.45) is 0 Å². The summed E-state index contributed by atoms with van der Waals surface area (Å²) in [6.45, 7) is -0.189. The summed E-state index contributed by atoms with van der Waals surface area (Å²) in [5.74, 6) is 2.45. The van der Waals surface area contributed by atoms with E-state index in [2.05, 4.69) is 5.32 Å². The van der Waals surface area contributed by atoms with Gasteiger partial charge in [0.2, 0.25) is 0 Å². The van der Waals surface area contributed by atoms with E-state index in [9.17, 15) is 9.59 Å². The molecule has 1 amide bonds. The normalized spacial score (nSPS) is 11.5. The monoisotopic (exact) mass is 439 g/mol. The molecule has 0 fully saturated rings. The number of ketones is 1. The lowest BCUT2D eigenvalue weighted by Crippen LogP contribution is -2.45. The van der Waals surface area contributed by atoms with Crippen LogP contribution in [0.15, 0.2) is 77.4 Å². The van der Waals surface area contributed by atoms with Crippen molar-refractivity contribution in [3.8, 4) is 11.5 Å². The average molecular weight is 440 g/mol. The lowest BCUT2D eigenvalue weighted by Gasteiger charge is -2.18. The van der Waals surface area contributed by atoms with E-state index in [1.165, 1.54) is 11.8 Å². The molecule has 0 saturated carbocycles. The molecule has 0 aliphatic carbocycles. The summed E-state index contributed by atoms with van der Waals surface area (Å²) >= 11 is 1.46. The van der Waals surface area contributed by atoms with Gasteiger partial charge in [-0.15, -0.1) is 11.8 Å². The Bertz CT molecular complexity index is 959. The standard InChI is InChI=1S/C24H25NO5S/c1-28-19-9-5-10-20(14-19)30-15-24(27)25-22(13-18-7-3-2-4-8-18)23(26)17-31-16-21-11-6-12-29-21/h2-12,14,22H,13,15-17H2,1H3,(H,25,27). The average Bonchev–Trinajstić information content (AvgIpc) is 3.31. The highest BCUT2D eigenvalue weighted by atomic mass is 32.2. The number of benzene rings is 2. The highest BCUT2D eigenvalue weighted by Gasteiger charge is 2.21. The minimum absolute atomic E-state index is 0.0462. The third kappa shape index (κ3) is 7.53. The van der Waals surface area contributed by atoms with Crippen LogP contribution in [0.2, 0.25) is 0 Å². The number of carbonyl (C=O) groups excluding carboxylic acids is 2. The zero-order chi connectivity index (χ0) is 21.9. The summed E-state index contributed by atoms with van der Waals surface area (Å²) in [6.07, 6.45) is 2.03. The van der Waals surface area contributed by atoms with Crippen molar-refractivity contribution >= 4 is 23.5 Å². The third-order valence-corrected chi connectivity index (χ3v) is 5.46. The molecule has 6 nitrogen and oxygen atoms in total. The van der Waals surface area contributed by atoms with E-state index in [0.29, 0.717) is 23.7 Å². The van der Waals surface area contributed by atoms with E-state index in [4.69, 9.17) is 13.9 Å². The van der Waals surface area contributed by atoms with Gasteiger partial charge in [0.15, 0.2) is 12.4 Å². The second kappa shape index (κ2) is 11.9. The molecule has 1 atom stereocenters. The largest absolute Gasteiger partial charge is 0.497 e. The van der Waals surface area contributed by atoms with Gasteiger partial charge in [0.1, 0.15) is 17.3 Å². The maximum absolute atomic E-state index is 12.8. The van der Waals surface area contributed by atoms with Gasteiger partial charge in [-0.2, -0.15) is 0 Å². The molecule has 0 spiro atoms. The first kappa shape index (κ1) is 22.5. The smallest absolute Gasteiger partial charge is 0.258 e. The van der Waals surface area contributed by atoms with Gasteiger partial charge in [-0.1, -0.05) is 36.4 Å². The van der Waals surface area contributed by atoms with Crippen molar-refractivity contribution in [1.82, 2.24) is 5.32 Å². The number of Topliss-reactive ketones (excluding diaryl/α,β-unsaturated/α-hetero) is 1. The fourth-order valence-electron chi connectivity index (χ4n) is 2.92. The highest BCUT2D eigenvalue weighted by molar-refractivity contribution is 7.99. The molecule has 0 aliphatic rings. The topological polar surface area (TPSA) is 77.8 Å². The van der Waals surface area contributed by atoms with E-state index in [0.717, 1.165) is 11.3 Å². The molecule has 1 N–H and O–H groups in total. The van der Waals surface area contributed by atoms with E-state index >= 15 is 0 Å². The molecule has 3 rings (SSSR count). The zero-order valence-electron chi connectivity index (χ0n) is 17.3. The number of thioether (sulfide) groups is 1. The number of amides is 1. The van der Waals surface area contributed by atoms with Gasteiger partial charge in [-0.25, -0.2) is 0 Å². The first-order valence-electron chi connectivity index (χ1n) is 9.87. The Balaban J connectivity index is 1.56. The Morgan fingerprint density at radius 3 is 2.58 bits per heavy atom. The van der Waals surface area contributed by atoms with Crippen LogP contribution in [-0.4, -0.2) is 37.2 Å². The van der Waals surface area contributed by atoms with Crippen LogP contribution in [0.1, 0.15) is 11.3 Å². The van der Waals surface area contributed by atoms with Crippen molar-refractivity contribution in [2.75, 3.05) is 19.5 Å². The van der Waals surface area contributed by atoms with Crippen molar-refractivity contribution in [1.29, 1.82) is 0 Å². The van der Waals surface area contributed by atoms with Crippen LogP contribution in [-0.2, 0) is 21.8 Å². The molecule has 0 aliphatic heterocycles. The molecular weight excluding hydrogens is 414 g/mol. The van der Waals surface area contributed by atoms with E-state index in [1.807, 2.05) is 42.5 Å². The van der Waals surface area contributed by atoms with Crippen molar-refractivity contribution in [3.05, 3.63) is 84.3 Å². The first-order chi connectivity index (χ1) is 15.1. The molecule has 0 saturated heterocycles. The van der Waals surface area contributed by atoms with Crippen molar-refractivity contribution in [2.45, 2.75) is 18.2 Å². The molecule has 1 unspecified atom stereocenters. The number of carbonyl (C=O) groups is 2. The fourth-order valence-corrected chi connectivity index (χ4v) is 3.79. The van der Waals surface area contributed by atoms with Crippen molar-refractivity contribution in [3.63, 3.8) is 0 Å². The maximum Gasteiger partial charge on any atom is 0.258 e. The summed E-state index contributed by atoms with van der Waals surface area (Å²) in [6, 6.07) is 19.7. The summed E-state index contributed by atoms with van der Waals surface area (Å²) in [7, 11) is 1.56. The van der Waals surface area contributed by atoms with Crippen LogP contribution in [0, 0.1) is 0 Å².